The van der Waals surface area contributed by atoms with Crippen molar-refractivity contribution < 1.29 is 27.8 Å². The second-order valence-electron chi connectivity index (χ2n) is 8.49. The zero-order valence-corrected chi connectivity index (χ0v) is 20.0. The van der Waals surface area contributed by atoms with Gasteiger partial charge in [-0.05, 0) is 38.1 Å². The Bertz CT molecular complexity index is 1240. The summed E-state index contributed by atoms with van der Waals surface area (Å²) in [6, 6.07) is 12.5. The van der Waals surface area contributed by atoms with Gasteiger partial charge in [-0.1, -0.05) is 18.2 Å². The number of fused-ring (bicyclic) bond motifs is 2. The lowest BCUT2D eigenvalue weighted by Gasteiger charge is -2.31. The molecule has 5 atom stereocenters. The molecule has 2 aromatic heterocycles. The van der Waals surface area contributed by atoms with E-state index in [2.05, 4.69) is 15.1 Å². The Morgan fingerprint density at radius 1 is 1.21 bits per heavy atom. The molecule has 2 saturated heterocycles. The van der Waals surface area contributed by atoms with Crippen molar-refractivity contribution in [3.05, 3.63) is 54.5 Å². The van der Waals surface area contributed by atoms with E-state index in [0.29, 0.717) is 22.8 Å². The van der Waals surface area contributed by atoms with Crippen molar-refractivity contribution in [1.29, 1.82) is 0 Å². The second kappa shape index (κ2) is 8.75. The SMILES string of the molecule is C/N=C\[C@@]1(c2ccc3c(N)ncnn23)O[C@H](CO[PH](=O)Oc2ccccc2)[C@H]2OC(C)(C)O[C@H]21. The minimum Gasteiger partial charge on any atom is -0.426 e. The molecule has 3 aromatic rings. The molecule has 2 aliphatic heterocycles. The molecule has 11 nitrogen and oxygen atoms in total. The van der Waals surface area contributed by atoms with Crippen LogP contribution >= 0.6 is 8.25 Å². The molecule has 12 heteroatoms. The zero-order valence-electron chi connectivity index (χ0n) is 19.0. The van der Waals surface area contributed by atoms with Crippen LogP contribution in [0.2, 0.25) is 0 Å². The number of benzene rings is 1. The van der Waals surface area contributed by atoms with Crippen LogP contribution in [-0.4, -0.2) is 58.6 Å². The molecule has 0 aliphatic carbocycles. The first-order valence-electron chi connectivity index (χ1n) is 10.8. The van der Waals surface area contributed by atoms with Crippen LogP contribution in [0, 0.1) is 0 Å². The number of anilines is 1. The maximum atomic E-state index is 12.5. The summed E-state index contributed by atoms with van der Waals surface area (Å²) in [5.74, 6) is -0.0840. The number of hydrogen-bond donors (Lipinski definition) is 1. The smallest absolute Gasteiger partial charge is 0.367 e. The Morgan fingerprint density at radius 2 is 2.00 bits per heavy atom. The van der Waals surface area contributed by atoms with Crippen LogP contribution in [0.1, 0.15) is 19.5 Å². The number of ether oxygens (including phenoxy) is 3. The third-order valence-corrected chi connectivity index (χ3v) is 6.58. The number of rotatable bonds is 7. The van der Waals surface area contributed by atoms with Crippen molar-refractivity contribution in [1.82, 2.24) is 14.6 Å². The fourth-order valence-corrected chi connectivity index (χ4v) is 5.17. The molecule has 0 radical (unpaired) electrons. The maximum Gasteiger partial charge on any atom is 0.367 e. The number of aliphatic imine (C=N–C) groups is 1. The Labute approximate surface area is 196 Å². The number of hydrogen-bond acceptors (Lipinski definition) is 10. The Hall–Kier alpha value is -2.82. The molecule has 0 spiro atoms. The minimum atomic E-state index is -2.83. The highest BCUT2D eigenvalue weighted by Gasteiger charge is 2.64. The summed E-state index contributed by atoms with van der Waals surface area (Å²) in [5, 5.41) is 4.36. The Balaban J connectivity index is 1.46. The quantitative estimate of drug-likeness (QED) is 0.394. The van der Waals surface area contributed by atoms with E-state index in [1.165, 1.54) is 6.33 Å². The van der Waals surface area contributed by atoms with Crippen molar-refractivity contribution in [2.24, 2.45) is 4.99 Å². The van der Waals surface area contributed by atoms with Gasteiger partial charge < -0.3 is 24.5 Å². The molecule has 2 N–H and O–H groups in total. The van der Waals surface area contributed by atoms with E-state index in [9.17, 15) is 4.57 Å². The van der Waals surface area contributed by atoms with Gasteiger partial charge in [0.15, 0.2) is 17.2 Å². The van der Waals surface area contributed by atoms with E-state index in [1.807, 2.05) is 32.0 Å². The van der Waals surface area contributed by atoms with Gasteiger partial charge in [-0.15, -0.1) is 0 Å². The maximum absolute atomic E-state index is 12.5. The van der Waals surface area contributed by atoms with E-state index >= 15 is 0 Å². The summed E-state index contributed by atoms with van der Waals surface area (Å²) in [6.45, 7) is 3.62. The first-order valence-corrected chi connectivity index (χ1v) is 12.0. The predicted molar refractivity (Wildman–Crippen MR) is 124 cm³/mol. The molecule has 0 amide bonds. The van der Waals surface area contributed by atoms with Crippen LogP contribution in [0.5, 0.6) is 5.75 Å². The van der Waals surface area contributed by atoms with Gasteiger partial charge >= 0.3 is 8.25 Å². The van der Waals surface area contributed by atoms with Crippen LogP contribution in [0.4, 0.5) is 5.82 Å². The Kier molecular flexibility index (Phi) is 5.91. The third-order valence-electron chi connectivity index (χ3n) is 5.78. The summed E-state index contributed by atoms with van der Waals surface area (Å²) >= 11 is 0. The minimum absolute atomic E-state index is 0.0367. The fourth-order valence-electron chi connectivity index (χ4n) is 4.49. The van der Waals surface area contributed by atoms with Gasteiger partial charge in [-0.3, -0.25) is 9.52 Å². The van der Waals surface area contributed by atoms with Crippen molar-refractivity contribution in [3.8, 4) is 5.75 Å². The molecule has 180 valence electrons. The van der Waals surface area contributed by atoms with Crippen LogP contribution < -0.4 is 10.3 Å². The molecule has 5 rings (SSSR count). The van der Waals surface area contributed by atoms with Crippen molar-refractivity contribution in [3.63, 3.8) is 0 Å². The van der Waals surface area contributed by atoms with E-state index in [0.717, 1.165) is 0 Å². The van der Waals surface area contributed by atoms with Crippen LogP contribution in [-0.2, 0) is 28.9 Å². The van der Waals surface area contributed by atoms with E-state index < -0.39 is 38.0 Å². The van der Waals surface area contributed by atoms with Gasteiger partial charge in [0.1, 0.15) is 35.9 Å². The van der Waals surface area contributed by atoms with E-state index in [1.54, 1.807) is 42.0 Å². The lowest BCUT2D eigenvalue weighted by molar-refractivity contribution is -0.200. The van der Waals surface area contributed by atoms with Crippen molar-refractivity contribution in [2.75, 3.05) is 19.4 Å². The highest BCUT2D eigenvalue weighted by atomic mass is 31.1. The van der Waals surface area contributed by atoms with Gasteiger partial charge in [0.05, 0.1) is 12.3 Å². The first kappa shape index (κ1) is 22.9. The summed E-state index contributed by atoms with van der Waals surface area (Å²) < 4.78 is 44.1. The molecule has 2 aliphatic rings. The number of nitrogen functional groups attached to an aromatic ring is 1. The molecule has 1 unspecified atom stereocenters. The zero-order chi connectivity index (χ0) is 23.9. The monoisotopic (exact) mass is 487 g/mol. The molecule has 1 aromatic carbocycles. The number of aromatic nitrogens is 3. The topological polar surface area (TPSA) is 132 Å². The second-order valence-corrected chi connectivity index (χ2v) is 9.49. The van der Waals surface area contributed by atoms with Gasteiger partial charge in [0.25, 0.3) is 0 Å². The predicted octanol–water partition coefficient (Wildman–Crippen LogP) is 2.61. The molecule has 34 heavy (non-hydrogen) atoms. The number of para-hydroxylation sites is 1. The molecule has 0 saturated carbocycles. The first-order chi connectivity index (χ1) is 16.3. The van der Waals surface area contributed by atoms with E-state index in [4.69, 9.17) is 29.0 Å². The lowest BCUT2D eigenvalue weighted by Crippen LogP contribution is -2.43. The van der Waals surface area contributed by atoms with Crippen molar-refractivity contribution in [2.45, 2.75) is 43.5 Å². The fraction of sp³-hybridized carbons (Fsp3) is 0.409. The van der Waals surface area contributed by atoms with Crippen LogP contribution in [0.25, 0.3) is 5.52 Å². The third kappa shape index (κ3) is 3.99. The molecule has 4 heterocycles. The summed E-state index contributed by atoms with van der Waals surface area (Å²) in [4.78, 5) is 8.33. The van der Waals surface area contributed by atoms with Crippen molar-refractivity contribution >= 4 is 25.8 Å². The Morgan fingerprint density at radius 3 is 2.76 bits per heavy atom. The van der Waals surface area contributed by atoms with Crippen LogP contribution in [0.15, 0.2) is 53.8 Å². The van der Waals surface area contributed by atoms with Gasteiger partial charge in [-0.2, -0.15) is 5.10 Å². The van der Waals surface area contributed by atoms with Gasteiger partial charge in [-0.25, -0.2) is 14.1 Å². The van der Waals surface area contributed by atoms with Gasteiger partial charge in [0.2, 0.25) is 0 Å². The normalized spacial score (nSPS) is 29.0. The van der Waals surface area contributed by atoms with E-state index in [-0.39, 0.29) is 6.61 Å². The standard InChI is InChI=1S/C22H26N5O6P/c1-21(2)31-18-16(11-29-34(28)33-14-7-5-4-6-8-14)30-22(12-24-3,19(18)32-21)17-10-9-15-20(23)25-13-26-27(15)17/h4-10,12-13,16,18-19,34H,11H2,1-3H3,(H2,23,25,26)/b24-12-/t16-,18-,19-,22+/m1/s1. The summed E-state index contributed by atoms with van der Waals surface area (Å²) in [6.07, 6.45) is 1.32. The summed E-state index contributed by atoms with van der Waals surface area (Å²) in [5.41, 5.74) is 6.15. The number of nitrogens with zero attached hydrogens (tertiary/aromatic N) is 4. The highest BCUT2D eigenvalue weighted by Crippen LogP contribution is 2.49. The molecule has 2 fully saturated rings. The van der Waals surface area contributed by atoms with Crippen LogP contribution in [0.3, 0.4) is 0 Å². The molecule has 0 bridgehead atoms. The number of nitrogens with two attached hydrogens (primary N) is 1. The summed E-state index contributed by atoms with van der Waals surface area (Å²) in [7, 11) is -1.18. The molecular weight excluding hydrogens is 461 g/mol. The largest absolute Gasteiger partial charge is 0.426 e. The lowest BCUT2D eigenvalue weighted by atomic mass is 9.92. The van der Waals surface area contributed by atoms with Gasteiger partial charge in [0, 0.05) is 13.3 Å². The average Bonchev–Trinajstić information content (AvgIpc) is 3.45. The molecular formula is C22H26N5O6P. The highest BCUT2D eigenvalue weighted by molar-refractivity contribution is 7.33. The average molecular weight is 487 g/mol.